The molecule has 1 amide bonds. The number of hydrogen-bond donors (Lipinski definition) is 1. The van der Waals surface area contributed by atoms with Crippen LogP contribution in [0, 0.1) is 13.8 Å². The van der Waals surface area contributed by atoms with Crippen LogP contribution in [0.4, 0.5) is 5.69 Å². The molecule has 3 nitrogen and oxygen atoms in total. The molecule has 0 fully saturated rings. The van der Waals surface area contributed by atoms with Gasteiger partial charge < -0.3 is 5.32 Å². The lowest BCUT2D eigenvalue weighted by atomic mass is 10.1. The number of amides is 1. The number of benzene rings is 1. The number of carbonyl (C=O) groups is 1. The molecule has 1 rings (SSSR count). The minimum absolute atomic E-state index is 0.0331. The number of para-hydroxylation sites is 1. The van der Waals surface area contributed by atoms with Crippen molar-refractivity contribution in [2.24, 2.45) is 0 Å². The van der Waals surface area contributed by atoms with Crippen LogP contribution in [0.3, 0.4) is 0 Å². The van der Waals surface area contributed by atoms with E-state index in [1.54, 1.807) is 0 Å². The molecule has 0 bridgehead atoms. The summed E-state index contributed by atoms with van der Waals surface area (Å²) in [6.45, 7) is 5.32. The van der Waals surface area contributed by atoms with Crippen LogP contribution < -0.4 is 5.32 Å². The molecule has 0 aliphatic carbocycles. The van der Waals surface area contributed by atoms with Crippen LogP contribution in [0.5, 0.6) is 0 Å². The van der Waals surface area contributed by atoms with E-state index >= 15 is 0 Å². The van der Waals surface area contributed by atoms with Gasteiger partial charge in [0.2, 0.25) is 5.91 Å². The predicted molar refractivity (Wildman–Crippen MR) is 82.0 cm³/mol. The molecule has 1 aromatic carbocycles. The lowest BCUT2D eigenvalue weighted by Gasteiger charge is -2.17. The van der Waals surface area contributed by atoms with E-state index in [1.165, 1.54) is 0 Å². The quantitative estimate of drug-likeness (QED) is 0.615. The molecule has 0 saturated heterocycles. The second-order valence-corrected chi connectivity index (χ2v) is 5.33. The van der Waals surface area contributed by atoms with Gasteiger partial charge >= 0.3 is 0 Å². The van der Waals surface area contributed by atoms with Crippen LogP contribution in [0.15, 0.2) is 18.2 Å². The van der Waals surface area contributed by atoms with Gasteiger partial charge in [-0.1, -0.05) is 18.2 Å². The van der Waals surface area contributed by atoms with E-state index in [9.17, 15) is 4.79 Å². The molecule has 1 N–H and O–H groups in total. The highest BCUT2D eigenvalue weighted by molar-refractivity contribution is 6.17. The first kappa shape index (κ1) is 16.0. The number of halogens is 1. The lowest BCUT2D eigenvalue weighted by Crippen LogP contribution is -2.31. The minimum Gasteiger partial charge on any atom is -0.324 e. The number of hydrogen-bond acceptors (Lipinski definition) is 2. The largest absolute Gasteiger partial charge is 0.324 e. The van der Waals surface area contributed by atoms with Crippen molar-refractivity contribution in [3.8, 4) is 0 Å². The summed E-state index contributed by atoms with van der Waals surface area (Å²) in [6.07, 6.45) is 2.01. The standard InChI is InChI=1S/C15H23ClN2O/c1-12-7-6-8-13(2)15(12)17-14(19)11-18(3)10-5-4-9-16/h6-8H,4-5,9-11H2,1-3H3,(H,17,19). The van der Waals surface area contributed by atoms with Crippen LogP contribution in [-0.2, 0) is 4.79 Å². The van der Waals surface area contributed by atoms with Crippen molar-refractivity contribution < 1.29 is 4.79 Å². The number of anilines is 1. The second kappa shape index (κ2) is 8.18. The zero-order valence-corrected chi connectivity index (χ0v) is 12.8. The maximum absolute atomic E-state index is 12.0. The zero-order valence-electron chi connectivity index (χ0n) is 12.0. The van der Waals surface area contributed by atoms with Gasteiger partial charge in [0.15, 0.2) is 0 Å². The van der Waals surface area contributed by atoms with Crippen molar-refractivity contribution in [3.05, 3.63) is 29.3 Å². The number of carbonyl (C=O) groups excluding carboxylic acids is 1. The summed E-state index contributed by atoms with van der Waals surface area (Å²) >= 11 is 5.64. The summed E-state index contributed by atoms with van der Waals surface area (Å²) in [5.74, 6) is 0.716. The number of alkyl halides is 1. The third-order valence-corrected chi connectivity index (χ3v) is 3.35. The Hall–Kier alpha value is -1.06. The normalized spacial score (nSPS) is 10.8. The Morgan fingerprint density at radius 3 is 2.47 bits per heavy atom. The first-order chi connectivity index (χ1) is 9.04. The highest BCUT2D eigenvalue weighted by atomic mass is 35.5. The second-order valence-electron chi connectivity index (χ2n) is 4.95. The summed E-state index contributed by atoms with van der Waals surface area (Å²) in [4.78, 5) is 14.0. The molecule has 0 atom stereocenters. The van der Waals surface area contributed by atoms with Crippen LogP contribution in [0.1, 0.15) is 24.0 Å². The Morgan fingerprint density at radius 2 is 1.89 bits per heavy atom. The molecular weight excluding hydrogens is 260 g/mol. The summed E-state index contributed by atoms with van der Waals surface area (Å²) in [6, 6.07) is 6.01. The molecule has 0 spiro atoms. The lowest BCUT2D eigenvalue weighted by molar-refractivity contribution is -0.117. The SMILES string of the molecule is Cc1cccc(C)c1NC(=O)CN(C)CCCCCl. The summed E-state index contributed by atoms with van der Waals surface area (Å²) in [5.41, 5.74) is 3.12. The number of rotatable bonds is 7. The maximum atomic E-state index is 12.0. The highest BCUT2D eigenvalue weighted by Crippen LogP contribution is 2.19. The average molecular weight is 283 g/mol. The topological polar surface area (TPSA) is 32.3 Å². The van der Waals surface area contributed by atoms with Gasteiger partial charge in [-0.2, -0.15) is 0 Å². The van der Waals surface area contributed by atoms with Gasteiger partial charge in [0.1, 0.15) is 0 Å². The van der Waals surface area contributed by atoms with Gasteiger partial charge in [0, 0.05) is 11.6 Å². The van der Waals surface area contributed by atoms with Gasteiger partial charge in [0.05, 0.1) is 6.54 Å². The third kappa shape index (κ3) is 5.62. The fourth-order valence-corrected chi connectivity index (χ4v) is 2.18. The van der Waals surface area contributed by atoms with Gasteiger partial charge in [-0.3, -0.25) is 9.69 Å². The highest BCUT2D eigenvalue weighted by Gasteiger charge is 2.09. The fraction of sp³-hybridized carbons (Fsp3) is 0.533. The van der Waals surface area contributed by atoms with E-state index < -0.39 is 0 Å². The minimum atomic E-state index is 0.0331. The molecule has 19 heavy (non-hydrogen) atoms. The Labute approximate surface area is 120 Å². The molecule has 1 aromatic rings. The van der Waals surface area contributed by atoms with Gasteiger partial charge in [-0.05, 0) is 51.4 Å². The van der Waals surface area contributed by atoms with Crippen LogP contribution in [-0.4, -0.2) is 36.8 Å². The number of aryl methyl sites for hydroxylation is 2. The Bertz CT molecular complexity index is 400. The van der Waals surface area contributed by atoms with E-state index in [2.05, 4.69) is 5.32 Å². The van der Waals surface area contributed by atoms with E-state index in [4.69, 9.17) is 11.6 Å². The Kier molecular flexibility index (Phi) is 6.89. The number of likely N-dealkylation sites (N-methyl/N-ethyl adjacent to an activating group) is 1. The number of nitrogens with zero attached hydrogens (tertiary/aromatic N) is 1. The molecule has 0 aliphatic heterocycles. The molecule has 0 radical (unpaired) electrons. The maximum Gasteiger partial charge on any atom is 0.238 e. The molecule has 106 valence electrons. The summed E-state index contributed by atoms with van der Waals surface area (Å²) in [5, 5.41) is 2.99. The molecule has 0 aliphatic rings. The Balaban J connectivity index is 2.47. The van der Waals surface area contributed by atoms with Crippen LogP contribution in [0.25, 0.3) is 0 Å². The monoisotopic (exact) mass is 282 g/mol. The smallest absolute Gasteiger partial charge is 0.238 e. The molecule has 4 heteroatoms. The van der Waals surface area contributed by atoms with Gasteiger partial charge in [-0.25, -0.2) is 0 Å². The summed E-state index contributed by atoms with van der Waals surface area (Å²) < 4.78 is 0. The van der Waals surface area contributed by atoms with Crippen molar-refractivity contribution >= 4 is 23.2 Å². The van der Waals surface area contributed by atoms with E-state index in [0.29, 0.717) is 12.4 Å². The number of nitrogens with one attached hydrogen (secondary N) is 1. The fourth-order valence-electron chi connectivity index (χ4n) is 1.99. The van der Waals surface area contributed by atoms with E-state index in [1.807, 2.05) is 44.0 Å². The van der Waals surface area contributed by atoms with Gasteiger partial charge in [-0.15, -0.1) is 11.6 Å². The van der Waals surface area contributed by atoms with E-state index in [0.717, 1.165) is 36.2 Å². The first-order valence-electron chi connectivity index (χ1n) is 6.65. The molecule has 0 aromatic heterocycles. The van der Waals surface area contributed by atoms with Gasteiger partial charge in [0.25, 0.3) is 0 Å². The van der Waals surface area contributed by atoms with Crippen LogP contribution in [0.2, 0.25) is 0 Å². The predicted octanol–water partition coefficient (Wildman–Crippen LogP) is 3.19. The van der Waals surface area contributed by atoms with Crippen molar-refractivity contribution in [2.45, 2.75) is 26.7 Å². The first-order valence-corrected chi connectivity index (χ1v) is 7.18. The molecule has 0 saturated carbocycles. The van der Waals surface area contributed by atoms with Crippen molar-refractivity contribution in [1.29, 1.82) is 0 Å². The van der Waals surface area contributed by atoms with Crippen molar-refractivity contribution in [3.63, 3.8) is 0 Å². The molecule has 0 heterocycles. The van der Waals surface area contributed by atoms with Crippen molar-refractivity contribution in [2.75, 3.05) is 31.3 Å². The molecule has 0 unspecified atom stereocenters. The van der Waals surface area contributed by atoms with Crippen LogP contribution >= 0.6 is 11.6 Å². The third-order valence-electron chi connectivity index (χ3n) is 3.08. The van der Waals surface area contributed by atoms with E-state index in [-0.39, 0.29) is 5.91 Å². The van der Waals surface area contributed by atoms with Crippen molar-refractivity contribution in [1.82, 2.24) is 4.90 Å². The average Bonchev–Trinajstić information content (AvgIpc) is 2.34. The molecular formula is C15H23ClN2O. The number of unbranched alkanes of at least 4 members (excludes halogenated alkanes) is 1. The Morgan fingerprint density at radius 1 is 1.26 bits per heavy atom. The summed E-state index contributed by atoms with van der Waals surface area (Å²) in [7, 11) is 1.96. The zero-order chi connectivity index (χ0) is 14.3.